The van der Waals surface area contributed by atoms with Crippen LogP contribution in [-0.2, 0) is 6.18 Å². The van der Waals surface area contributed by atoms with Crippen LogP contribution in [-0.4, -0.2) is 47.5 Å². The lowest BCUT2D eigenvalue weighted by Crippen LogP contribution is -2.21. The molecule has 1 aliphatic heterocycles. The normalized spacial score (nSPS) is 17.9. The van der Waals surface area contributed by atoms with Crippen LogP contribution in [0.15, 0.2) is 30.3 Å². The third-order valence-electron chi connectivity index (χ3n) is 4.52. The topological polar surface area (TPSA) is 84.1 Å². The molecule has 1 unspecified atom stereocenters. The smallest absolute Gasteiger partial charge is 0.364 e. The molecule has 1 atom stereocenters. The number of amides is 1. The van der Waals surface area contributed by atoms with E-state index in [4.69, 9.17) is 5.73 Å². The first-order valence-corrected chi connectivity index (χ1v) is 8.51. The van der Waals surface area contributed by atoms with Crippen molar-refractivity contribution in [2.45, 2.75) is 12.6 Å². The molecule has 1 aromatic carbocycles. The molecule has 1 fully saturated rings. The van der Waals surface area contributed by atoms with Crippen LogP contribution in [0.2, 0.25) is 0 Å². The number of halogens is 3. The Labute approximate surface area is 154 Å². The Bertz CT molecular complexity index is 823. The van der Waals surface area contributed by atoms with Gasteiger partial charge in [-0.2, -0.15) is 13.2 Å². The Hall–Kier alpha value is -2.68. The zero-order chi connectivity index (χ0) is 19.6. The molecule has 1 amide bonds. The molecule has 3 rings (SSSR count). The number of nitrogens with one attached hydrogen (secondary N) is 1. The first kappa shape index (κ1) is 19.1. The first-order valence-electron chi connectivity index (χ1n) is 8.51. The van der Waals surface area contributed by atoms with Crippen molar-refractivity contribution in [2.24, 2.45) is 11.7 Å². The van der Waals surface area contributed by atoms with Crippen LogP contribution in [0, 0.1) is 5.92 Å². The number of likely N-dealkylation sites (tertiary alicyclic amines) is 1. The second-order valence-electron chi connectivity index (χ2n) is 6.70. The van der Waals surface area contributed by atoms with Gasteiger partial charge in [-0.25, -0.2) is 9.97 Å². The lowest BCUT2D eigenvalue weighted by atomic mass is 10.1. The van der Waals surface area contributed by atoms with Crippen LogP contribution in [0.25, 0.3) is 11.3 Å². The zero-order valence-electron chi connectivity index (χ0n) is 14.8. The van der Waals surface area contributed by atoms with Crippen molar-refractivity contribution < 1.29 is 18.0 Å². The van der Waals surface area contributed by atoms with Crippen molar-refractivity contribution in [3.63, 3.8) is 0 Å². The average molecular weight is 379 g/mol. The molecule has 0 spiro atoms. The van der Waals surface area contributed by atoms with Gasteiger partial charge in [-0.15, -0.1) is 0 Å². The summed E-state index contributed by atoms with van der Waals surface area (Å²) in [5.41, 5.74) is 5.36. The highest BCUT2D eigenvalue weighted by molar-refractivity contribution is 5.92. The van der Waals surface area contributed by atoms with E-state index in [2.05, 4.69) is 20.2 Å². The molecule has 1 aliphatic rings. The number of anilines is 1. The molecule has 2 aromatic rings. The van der Waals surface area contributed by atoms with E-state index >= 15 is 0 Å². The van der Waals surface area contributed by atoms with Crippen molar-refractivity contribution in [2.75, 3.05) is 32.0 Å². The van der Waals surface area contributed by atoms with Gasteiger partial charge < -0.3 is 16.0 Å². The fraction of sp³-hybridized carbons (Fsp3) is 0.389. The Balaban J connectivity index is 1.84. The predicted octanol–water partition coefficient (Wildman–Crippen LogP) is 2.62. The van der Waals surface area contributed by atoms with E-state index in [1.54, 1.807) is 0 Å². The van der Waals surface area contributed by atoms with Gasteiger partial charge in [0, 0.05) is 18.7 Å². The van der Waals surface area contributed by atoms with Gasteiger partial charge in [-0.1, -0.05) is 12.1 Å². The number of carbonyl (C=O) groups is 1. The molecule has 144 valence electrons. The van der Waals surface area contributed by atoms with Crippen molar-refractivity contribution in [3.8, 4) is 11.3 Å². The fourth-order valence-corrected chi connectivity index (χ4v) is 3.06. The van der Waals surface area contributed by atoms with Crippen LogP contribution < -0.4 is 11.1 Å². The number of carbonyl (C=O) groups excluding carboxylic acids is 1. The molecule has 0 radical (unpaired) electrons. The molecule has 1 aromatic heterocycles. The van der Waals surface area contributed by atoms with Gasteiger partial charge in [0.2, 0.25) is 5.95 Å². The molecule has 1 saturated heterocycles. The minimum Gasteiger partial charge on any atom is -0.364 e. The van der Waals surface area contributed by atoms with Crippen LogP contribution in [0.4, 0.5) is 19.1 Å². The molecule has 3 N–H and O–H groups in total. The Morgan fingerprint density at radius 3 is 2.56 bits per heavy atom. The Morgan fingerprint density at radius 1 is 1.30 bits per heavy atom. The highest BCUT2D eigenvalue weighted by Gasteiger charge is 2.30. The van der Waals surface area contributed by atoms with Crippen LogP contribution >= 0.6 is 0 Å². The first-order chi connectivity index (χ1) is 12.7. The summed E-state index contributed by atoms with van der Waals surface area (Å²) in [5.74, 6) is -0.0599. The van der Waals surface area contributed by atoms with Crippen molar-refractivity contribution in [1.29, 1.82) is 0 Å². The third kappa shape index (κ3) is 4.73. The summed E-state index contributed by atoms with van der Waals surface area (Å²) in [6.45, 7) is 2.61. The number of nitrogens with two attached hydrogens (primary N) is 1. The number of hydrogen-bond donors (Lipinski definition) is 2. The van der Waals surface area contributed by atoms with E-state index in [-0.39, 0.29) is 11.6 Å². The molecule has 0 bridgehead atoms. The van der Waals surface area contributed by atoms with Gasteiger partial charge in [-0.05, 0) is 44.1 Å². The Kier molecular flexibility index (Phi) is 5.31. The summed E-state index contributed by atoms with van der Waals surface area (Å²) in [5, 5.41) is 3.11. The van der Waals surface area contributed by atoms with Gasteiger partial charge in [-0.3, -0.25) is 4.79 Å². The molecule has 6 nitrogen and oxygen atoms in total. The van der Waals surface area contributed by atoms with Crippen LogP contribution in [0.1, 0.15) is 22.5 Å². The number of rotatable bonds is 5. The number of benzene rings is 1. The zero-order valence-corrected chi connectivity index (χ0v) is 14.8. The van der Waals surface area contributed by atoms with Crippen LogP contribution in [0.5, 0.6) is 0 Å². The van der Waals surface area contributed by atoms with Crippen molar-refractivity contribution in [3.05, 3.63) is 41.6 Å². The molecular weight excluding hydrogens is 359 g/mol. The van der Waals surface area contributed by atoms with Crippen LogP contribution in [0.3, 0.4) is 0 Å². The van der Waals surface area contributed by atoms with Gasteiger partial charge >= 0.3 is 6.18 Å². The van der Waals surface area contributed by atoms with Gasteiger partial charge in [0.25, 0.3) is 5.91 Å². The lowest BCUT2D eigenvalue weighted by Gasteiger charge is -2.13. The maximum Gasteiger partial charge on any atom is 0.416 e. The second-order valence-corrected chi connectivity index (χ2v) is 6.70. The standard InChI is InChI=1S/C18H20F3N5O/c1-26-7-6-11(10-26)9-23-17-24-14(8-15(25-17)16(22)27)12-2-4-13(5-3-12)18(19,20)21/h2-5,8,11H,6-7,9-10H2,1H3,(H2,22,27)(H,23,24,25). The summed E-state index contributed by atoms with van der Waals surface area (Å²) in [6, 6.07) is 5.95. The molecule has 0 saturated carbocycles. The van der Waals surface area contributed by atoms with E-state index in [9.17, 15) is 18.0 Å². The fourth-order valence-electron chi connectivity index (χ4n) is 3.06. The van der Waals surface area contributed by atoms with Gasteiger partial charge in [0.15, 0.2) is 0 Å². The summed E-state index contributed by atoms with van der Waals surface area (Å²) in [6.07, 6.45) is -3.37. The number of aromatic nitrogens is 2. The summed E-state index contributed by atoms with van der Waals surface area (Å²) < 4.78 is 38.2. The monoisotopic (exact) mass is 379 g/mol. The minimum atomic E-state index is -4.41. The number of nitrogens with zero attached hydrogens (tertiary/aromatic N) is 3. The molecule has 9 heteroatoms. The maximum atomic E-state index is 12.7. The molecular formula is C18H20F3N5O. The third-order valence-corrected chi connectivity index (χ3v) is 4.52. The molecule has 2 heterocycles. The maximum absolute atomic E-state index is 12.7. The predicted molar refractivity (Wildman–Crippen MR) is 95.1 cm³/mol. The van der Waals surface area contributed by atoms with E-state index in [0.717, 1.165) is 31.6 Å². The van der Waals surface area contributed by atoms with Crippen molar-refractivity contribution >= 4 is 11.9 Å². The SMILES string of the molecule is CN1CCC(CNc2nc(C(N)=O)cc(-c3ccc(C(F)(F)F)cc3)n2)C1. The molecule has 0 aliphatic carbocycles. The lowest BCUT2D eigenvalue weighted by molar-refractivity contribution is -0.137. The van der Waals surface area contributed by atoms with E-state index in [1.165, 1.54) is 18.2 Å². The van der Waals surface area contributed by atoms with Crippen molar-refractivity contribution in [1.82, 2.24) is 14.9 Å². The van der Waals surface area contributed by atoms with E-state index in [1.807, 2.05) is 7.05 Å². The summed E-state index contributed by atoms with van der Waals surface area (Å²) in [4.78, 5) is 22.2. The number of alkyl halides is 3. The summed E-state index contributed by atoms with van der Waals surface area (Å²) in [7, 11) is 2.05. The molecule has 27 heavy (non-hydrogen) atoms. The number of primary amides is 1. The summed E-state index contributed by atoms with van der Waals surface area (Å²) >= 11 is 0. The second kappa shape index (κ2) is 7.51. The highest BCUT2D eigenvalue weighted by Crippen LogP contribution is 2.31. The average Bonchev–Trinajstić information content (AvgIpc) is 3.04. The van der Waals surface area contributed by atoms with Gasteiger partial charge in [0.05, 0.1) is 11.3 Å². The van der Waals surface area contributed by atoms with Gasteiger partial charge in [0.1, 0.15) is 5.69 Å². The largest absolute Gasteiger partial charge is 0.416 e. The van der Waals surface area contributed by atoms with E-state index < -0.39 is 17.6 Å². The Morgan fingerprint density at radius 2 is 2.00 bits per heavy atom. The quantitative estimate of drug-likeness (QED) is 0.834. The minimum absolute atomic E-state index is 0.00550. The number of hydrogen-bond acceptors (Lipinski definition) is 5. The highest BCUT2D eigenvalue weighted by atomic mass is 19.4. The van der Waals surface area contributed by atoms with E-state index in [0.29, 0.717) is 23.7 Å².